The highest BCUT2D eigenvalue weighted by Gasteiger charge is 2.30. The molecule has 0 saturated carbocycles. The topological polar surface area (TPSA) is 71.3 Å². The average molecular weight is 363 g/mol. The fourth-order valence-corrected chi connectivity index (χ4v) is 3.38. The van der Waals surface area contributed by atoms with Gasteiger partial charge in [0.1, 0.15) is 0 Å². The number of rotatable bonds is 5. The van der Waals surface area contributed by atoms with Crippen molar-refractivity contribution in [1.29, 1.82) is 0 Å². The Morgan fingerprint density at radius 1 is 1.48 bits per heavy atom. The number of hydrogen-bond acceptors (Lipinski definition) is 5. The molecule has 1 aliphatic rings. The molecule has 0 bridgehead atoms. The van der Waals surface area contributed by atoms with Gasteiger partial charge in [-0.05, 0) is 51.4 Å². The minimum Gasteiger partial charge on any atom is -0.419 e. The largest absolute Gasteiger partial charge is 0.419 e. The highest BCUT2D eigenvalue weighted by Crippen LogP contribution is 2.28. The SMILES string of the molecule is CCNC(=O)C1CCCN(C(C)c2nnc(-c3cccc(Cl)c3)o2)C1. The molecule has 1 aromatic heterocycles. The molecule has 7 heteroatoms. The smallest absolute Gasteiger partial charge is 0.247 e. The number of benzene rings is 1. The summed E-state index contributed by atoms with van der Waals surface area (Å²) >= 11 is 6.02. The second kappa shape index (κ2) is 7.97. The molecule has 0 radical (unpaired) electrons. The molecule has 2 aromatic rings. The van der Waals surface area contributed by atoms with Crippen molar-refractivity contribution in [2.45, 2.75) is 32.7 Å². The van der Waals surface area contributed by atoms with Crippen molar-refractivity contribution in [2.75, 3.05) is 19.6 Å². The van der Waals surface area contributed by atoms with E-state index < -0.39 is 0 Å². The third-order valence-electron chi connectivity index (χ3n) is 4.59. The van der Waals surface area contributed by atoms with Crippen molar-refractivity contribution < 1.29 is 9.21 Å². The van der Waals surface area contributed by atoms with Gasteiger partial charge in [-0.1, -0.05) is 17.7 Å². The number of hydrogen-bond donors (Lipinski definition) is 1. The number of aromatic nitrogens is 2. The Bertz CT molecular complexity index is 733. The second-order valence-corrected chi connectivity index (χ2v) is 6.80. The second-order valence-electron chi connectivity index (χ2n) is 6.36. The first-order chi connectivity index (χ1) is 12.1. The molecule has 134 valence electrons. The summed E-state index contributed by atoms with van der Waals surface area (Å²) < 4.78 is 5.86. The van der Waals surface area contributed by atoms with E-state index in [0.29, 0.717) is 29.9 Å². The zero-order chi connectivity index (χ0) is 17.8. The molecule has 0 aliphatic carbocycles. The monoisotopic (exact) mass is 362 g/mol. The van der Waals surface area contributed by atoms with Gasteiger partial charge < -0.3 is 9.73 Å². The van der Waals surface area contributed by atoms with Gasteiger partial charge in [-0.25, -0.2) is 0 Å². The van der Waals surface area contributed by atoms with Crippen LogP contribution in [0.2, 0.25) is 5.02 Å². The minimum absolute atomic E-state index is 0.0199. The molecule has 0 spiro atoms. The summed E-state index contributed by atoms with van der Waals surface area (Å²) in [5.74, 6) is 1.17. The molecule has 6 nitrogen and oxygen atoms in total. The van der Waals surface area contributed by atoms with E-state index in [1.807, 2.05) is 26.0 Å². The van der Waals surface area contributed by atoms with Gasteiger partial charge in [0.15, 0.2) is 0 Å². The van der Waals surface area contributed by atoms with Gasteiger partial charge in [0, 0.05) is 23.7 Å². The van der Waals surface area contributed by atoms with Gasteiger partial charge in [-0.2, -0.15) is 0 Å². The van der Waals surface area contributed by atoms with Crippen molar-refractivity contribution in [1.82, 2.24) is 20.4 Å². The number of nitrogens with zero attached hydrogens (tertiary/aromatic N) is 3. The lowest BCUT2D eigenvalue weighted by molar-refractivity contribution is -0.127. The van der Waals surface area contributed by atoms with E-state index in [1.54, 1.807) is 12.1 Å². The van der Waals surface area contributed by atoms with Crippen LogP contribution in [0, 0.1) is 5.92 Å². The number of amides is 1. The van der Waals surface area contributed by atoms with Gasteiger partial charge in [0.25, 0.3) is 0 Å². The van der Waals surface area contributed by atoms with E-state index in [2.05, 4.69) is 20.4 Å². The average Bonchev–Trinajstić information content (AvgIpc) is 3.11. The maximum Gasteiger partial charge on any atom is 0.247 e. The van der Waals surface area contributed by atoms with Crippen LogP contribution in [-0.4, -0.2) is 40.6 Å². The number of halogens is 1. The molecule has 1 aliphatic heterocycles. The summed E-state index contributed by atoms with van der Waals surface area (Å²) in [6, 6.07) is 7.32. The zero-order valence-corrected chi connectivity index (χ0v) is 15.3. The van der Waals surface area contributed by atoms with Crippen LogP contribution in [0.1, 0.15) is 38.6 Å². The molecule has 1 amide bonds. The van der Waals surface area contributed by atoms with Crippen LogP contribution >= 0.6 is 11.6 Å². The van der Waals surface area contributed by atoms with E-state index in [4.69, 9.17) is 16.0 Å². The van der Waals surface area contributed by atoms with Crippen LogP contribution in [0.15, 0.2) is 28.7 Å². The van der Waals surface area contributed by atoms with Crippen molar-refractivity contribution in [3.63, 3.8) is 0 Å². The zero-order valence-electron chi connectivity index (χ0n) is 14.5. The van der Waals surface area contributed by atoms with Crippen molar-refractivity contribution in [2.24, 2.45) is 5.92 Å². The van der Waals surface area contributed by atoms with Crippen molar-refractivity contribution >= 4 is 17.5 Å². The number of piperidine rings is 1. The first-order valence-corrected chi connectivity index (χ1v) is 9.07. The highest BCUT2D eigenvalue weighted by atomic mass is 35.5. The summed E-state index contributed by atoms with van der Waals surface area (Å²) in [7, 11) is 0. The molecule has 25 heavy (non-hydrogen) atoms. The van der Waals surface area contributed by atoms with Crippen LogP contribution in [0.5, 0.6) is 0 Å². The standard InChI is InChI=1S/C18H23ClN4O2/c1-3-20-16(24)14-7-5-9-23(11-14)12(2)17-21-22-18(25-17)13-6-4-8-15(19)10-13/h4,6,8,10,12,14H,3,5,7,9,11H2,1-2H3,(H,20,24). The van der Waals surface area contributed by atoms with Crippen LogP contribution in [0.3, 0.4) is 0 Å². The maximum absolute atomic E-state index is 12.1. The Balaban J connectivity index is 1.70. The number of likely N-dealkylation sites (tertiary alicyclic amines) is 1. The summed E-state index contributed by atoms with van der Waals surface area (Å²) in [4.78, 5) is 14.4. The molecule has 3 rings (SSSR count). The lowest BCUT2D eigenvalue weighted by Gasteiger charge is -2.34. The molecule has 1 saturated heterocycles. The van der Waals surface area contributed by atoms with Gasteiger partial charge in [0.2, 0.25) is 17.7 Å². The first-order valence-electron chi connectivity index (χ1n) is 8.69. The van der Waals surface area contributed by atoms with E-state index in [0.717, 1.165) is 24.9 Å². The quantitative estimate of drug-likeness (QED) is 0.883. The minimum atomic E-state index is -0.0299. The van der Waals surface area contributed by atoms with Gasteiger partial charge in [0.05, 0.1) is 12.0 Å². The van der Waals surface area contributed by atoms with Crippen LogP contribution in [0.25, 0.3) is 11.5 Å². The molecule has 2 heterocycles. The number of nitrogens with one attached hydrogen (secondary N) is 1. The summed E-state index contributed by atoms with van der Waals surface area (Å²) in [5, 5.41) is 11.9. The Hall–Kier alpha value is -1.92. The summed E-state index contributed by atoms with van der Waals surface area (Å²) in [5.41, 5.74) is 0.803. The van der Waals surface area contributed by atoms with E-state index in [9.17, 15) is 4.79 Å². The third kappa shape index (κ3) is 4.19. The van der Waals surface area contributed by atoms with Crippen molar-refractivity contribution in [3.05, 3.63) is 35.2 Å². The van der Waals surface area contributed by atoms with Crippen molar-refractivity contribution in [3.8, 4) is 11.5 Å². The molecule has 2 unspecified atom stereocenters. The Labute approximate surface area is 152 Å². The molecule has 1 N–H and O–H groups in total. The van der Waals surface area contributed by atoms with Gasteiger partial charge in [-0.15, -0.1) is 10.2 Å². The van der Waals surface area contributed by atoms with E-state index in [1.165, 1.54) is 0 Å². The lowest BCUT2D eigenvalue weighted by atomic mass is 9.96. The van der Waals surface area contributed by atoms with Crippen LogP contribution < -0.4 is 5.32 Å². The Kier molecular flexibility index (Phi) is 5.71. The normalized spacial score (nSPS) is 19.6. The molecular formula is C18H23ClN4O2. The highest BCUT2D eigenvalue weighted by molar-refractivity contribution is 6.30. The predicted octanol–water partition coefficient (Wildman–Crippen LogP) is 3.30. The maximum atomic E-state index is 12.1. The van der Waals surface area contributed by atoms with E-state index >= 15 is 0 Å². The van der Waals surface area contributed by atoms with Gasteiger partial charge in [-0.3, -0.25) is 9.69 Å². The number of carbonyl (C=O) groups is 1. The third-order valence-corrected chi connectivity index (χ3v) is 4.83. The predicted molar refractivity (Wildman–Crippen MR) is 96.1 cm³/mol. The lowest BCUT2D eigenvalue weighted by Crippen LogP contribution is -2.43. The summed E-state index contributed by atoms with van der Waals surface area (Å²) in [6.07, 6.45) is 1.91. The summed E-state index contributed by atoms with van der Waals surface area (Å²) in [6.45, 7) is 6.28. The molecule has 1 fully saturated rings. The van der Waals surface area contributed by atoms with E-state index in [-0.39, 0.29) is 17.9 Å². The van der Waals surface area contributed by atoms with Gasteiger partial charge >= 0.3 is 0 Å². The van der Waals surface area contributed by atoms with Crippen LogP contribution in [0.4, 0.5) is 0 Å². The fourth-order valence-electron chi connectivity index (χ4n) is 3.19. The fraction of sp³-hybridized carbons (Fsp3) is 0.500. The number of carbonyl (C=O) groups excluding carboxylic acids is 1. The Morgan fingerprint density at radius 3 is 3.08 bits per heavy atom. The Morgan fingerprint density at radius 2 is 2.32 bits per heavy atom. The molecule has 1 aromatic carbocycles. The first kappa shape index (κ1) is 17.9. The molecular weight excluding hydrogens is 340 g/mol. The van der Waals surface area contributed by atoms with Crippen LogP contribution in [-0.2, 0) is 4.79 Å². The molecule has 2 atom stereocenters.